The quantitative estimate of drug-likeness (QED) is 0.886. The van der Waals surface area contributed by atoms with Gasteiger partial charge < -0.3 is 5.32 Å². The molecule has 0 amide bonds. The van der Waals surface area contributed by atoms with Gasteiger partial charge in [0.2, 0.25) is 0 Å². The zero-order valence-electron chi connectivity index (χ0n) is 13.2. The highest BCUT2D eigenvalue weighted by Crippen LogP contribution is 2.35. The Bertz CT molecular complexity index is 453. The maximum absolute atomic E-state index is 6.00. The molecule has 2 atom stereocenters. The molecule has 1 saturated carbocycles. The highest BCUT2D eigenvalue weighted by Gasteiger charge is 2.37. The molecule has 3 heteroatoms. The highest BCUT2D eigenvalue weighted by molar-refractivity contribution is 6.30. The predicted molar refractivity (Wildman–Crippen MR) is 89.6 cm³/mol. The van der Waals surface area contributed by atoms with Gasteiger partial charge in [-0.25, -0.2) is 0 Å². The van der Waals surface area contributed by atoms with Gasteiger partial charge in [-0.2, -0.15) is 0 Å². The molecule has 0 radical (unpaired) electrons. The Balaban J connectivity index is 1.67. The Morgan fingerprint density at radius 2 is 1.95 bits per heavy atom. The first-order valence-electron chi connectivity index (χ1n) is 8.33. The highest BCUT2D eigenvalue weighted by atomic mass is 35.5. The van der Waals surface area contributed by atoms with Crippen LogP contribution in [0.4, 0.5) is 0 Å². The normalized spacial score (nSPS) is 27.2. The average Bonchev–Trinajstić information content (AvgIpc) is 3.27. The van der Waals surface area contributed by atoms with Crippen LogP contribution < -0.4 is 5.32 Å². The zero-order valence-corrected chi connectivity index (χ0v) is 13.9. The smallest absolute Gasteiger partial charge is 0.0406 e. The van der Waals surface area contributed by atoms with Crippen molar-refractivity contribution in [2.75, 3.05) is 13.1 Å². The van der Waals surface area contributed by atoms with Gasteiger partial charge >= 0.3 is 0 Å². The largest absolute Gasteiger partial charge is 0.311 e. The van der Waals surface area contributed by atoms with Crippen LogP contribution in [0.5, 0.6) is 0 Å². The molecule has 2 aliphatic rings. The fourth-order valence-electron chi connectivity index (χ4n) is 3.49. The molecule has 1 saturated heterocycles. The minimum absolute atomic E-state index is 0.663. The molecule has 2 fully saturated rings. The van der Waals surface area contributed by atoms with Crippen molar-refractivity contribution in [1.29, 1.82) is 0 Å². The van der Waals surface area contributed by atoms with E-state index in [0.29, 0.717) is 12.1 Å². The standard InChI is InChI=1S/C18H27ClN2/c1-13(2)9-17-10-20-18(15-5-6-15)12-21(17)11-14-3-7-16(19)8-4-14/h3-4,7-8,13,15,17-18,20H,5-6,9-12H2,1-2H3. The van der Waals surface area contributed by atoms with Gasteiger partial charge in [0.15, 0.2) is 0 Å². The second kappa shape index (κ2) is 6.68. The number of nitrogens with one attached hydrogen (secondary N) is 1. The van der Waals surface area contributed by atoms with E-state index in [4.69, 9.17) is 11.6 Å². The summed E-state index contributed by atoms with van der Waals surface area (Å²) in [4.78, 5) is 2.70. The first kappa shape index (κ1) is 15.3. The summed E-state index contributed by atoms with van der Waals surface area (Å²) in [5.41, 5.74) is 1.38. The van der Waals surface area contributed by atoms with Crippen LogP contribution in [0.25, 0.3) is 0 Å². The number of hydrogen-bond acceptors (Lipinski definition) is 2. The van der Waals surface area contributed by atoms with Gasteiger partial charge in [-0.3, -0.25) is 4.90 Å². The molecular formula is C18H27ClN2. The molecule has 2 unspecified atom stereocenters. The van der Waals surface area contributed by atoms with E-state index in [9.17, 15) is 0 Å². The van der Waals surface area contributed by atoms with E-state index in [1.165, 1.54) is 31.4 Å². The summed E-state index contributed by atoms with van der Waals surface area (Å²) in [6.07, 6.45) is 4.11. The lowest BCUT2D eigenvalue weighted by molar-refractivity contribution is 0.0999. The van der Waals surface area contributed by atoms with Gasteiger partial charge in [0, 0.05) is 36.7 Å². The van der Waals surface area contributed by atoms with Crippen molar-refractivity contribution in [1.82, 2.24) is 10.2 Å². The number of hydrogen-bond donors (Lipinski definition) is 1. The van der Waals surface area contributed by atoms with E-state index >= 15 is 0 Å². The Morgan fingerprint density at radius 1 is 1.24 bits per heavy atom. The fourth-order valence-corrected chi connectivity index (χ4v) is 3.62. The van der Waals surface area contributed by atoms with Gasteiger partial charge in [-0.15, -0.1) is 0 Å². The molecular weight excluding hydrogens is 280 g/mol. The molecule has 0 bridgehead atoms. The summed E-state index contributed by atoms with van der Waals surface area (Å²) in [7, 11) is 0. The average molecular weight is 307 g/mol. The molecule has 21 heavy (non-hydrogen) atoms. The second-order valence-electron chi connectivity index (χ2n) is 7.19. The van der Waals surface area contributed by atoms with E-state index in [-0.39, 0.29) is 0 Å². The lowest BCUT2D eigenvalue weighted by Crippen LogP contribution is -2.57. The summed E-state index contributed by atoms with van der Waals surface area (Å²) >= 11 is 6.00. The van der Waals surface area contributed by atoms with Crippen molar-refractivity contribution in [3.8, 4) is 0 Å². The summed E-state index contributed by atoms with van der Waals surface area (Å²) < 4.78 is 0. The molecule has 1 N–H and O–H groups in total. The van der Waals surface area contributed by atoms with Gasteiger partial charge in [-0.05, 0) is 48.8 Å². The SMILES string of the molecule is CC(C)CC1CNC(C2CC2)CN1Cc1ccc(Cl)cc1. The van der Waals surface area contributed by atoms with Crippen LogP contribution in [0, 0.1) is 11.8 Å². The Hall–Kier alpha value is -0.570. The first-order chi connectivity index (χ1) is 10.1. The van der Waals surface area contributed by atoms with Crippen LogP contribution in [-0.4, -0.2) is 30.1 Å². The molecule has 116 valence electrons. The third-order valence-corrected chi connectivity index (χ3v) is 5.05. The Labute approximate surface area is 133 Å². The Kier molecular flexibility index (Phi) is 4.88. The molecule has 1 heterocycles. The van der Waals surface area contributed by atoms with Crippen LogP contribution in [0.15, 0.2) is 24.3 Å². The summed E-state index contributed by atoms with van der Waals surface area (Å²) in [5, 5.41) is 4.63. The van der Waals surface area contributed by atoms with E-state index < -0.39 is 0 Å². The lowest BCUT2D eigenvalue weighted by atomic mass is 9.97. The van der Waals surface area contributed by atoms with Crippen LogP contribution in [0.1, 0.15) is 38.7 Å². The first-order valence-corrected chi connectivity index (χ1v) is 8.71. The minimum Gasteiger partial charge on any atom is -0.311 e. The van der Waals surface area contributed by atoms with Crippen molar-refractivity contribution in [3.63, 3.8) is 0 Å². The van der Waals surface area contributed by atoms with Gasteiger partial charge in [0.05, 0.1) is 0 Å². The Morgan fingerprint density at radius 3 is 2.57 bits per heavy atom. The number of piperazine rings is 1. The summed E-state index contributed by atoms with van der Waals surface area (Å²) in [6, 6.07) is 9.73. The molecule has 0 spiro atoms. The zero-order chi connectivity index (χ0) is 14.8. The maximum atomic E-state index is 6.00. The van der Waals surface area contributed by atoms with Gasteiger partial charge in [0.25, 0.3) is 0 Å². The van der Waals surface area contributed by atoms with Crippen LogP contribution in [0.3, 0.4) is 0 Å². The number of nitrogens with zero attached hydrogens (tertiary/aromatic N) is 1. The molecule has 2 nitrogen and oxygen atoms in total. The lowest BCUT2D eigenvalue weighted by Gasteiger charge is -2.41. The van der Waals surface area contributed by atoms with E-state index in [0.717, 1.165) is 29.9 Å². The predicted octanol–water partition coefficient (Wildman–Crippen LogP) is 3.94. The molecule has 1 aliphatic heterocycles. The fraction of sp³-hybridized carbons (Fsp3) is 0.667. The molecule has 1 aromatic rings. The van der Waals surface area contributed by atoms with E-state index in [1.807, 2.05) is 12.1 Å². The number of benzene rings is 1. The second-order valence-corrected chi connectivity index (χ2v) is 7.63. The third kappa shape index (κ3) is 4.21. The van der Waals surface area contributed by atoms with Crippen LogP contribution in [-0.2, 0) is 6.54 Å². The van der Waals surface area contributed by atoms with E-state index in [1.54, 1.807) is 0 Å². The van der Waals surface area contributed by atoms with E-state index in [2.05, 4.69) is 36.2 Å². The third-order valence-electron chi connectivity index (χ3n) is 4.80. The van der Waals surface area contributed by atoms with Crippen LogP contribution >= 0.6 is 11.6 Å². The molecule has 3 rings (SSSR count). The van der Waals surface area contributed by atoms with Crippen LogP contribution in [0.2, 0.25) is 5.02 Å². The van der Waals surface area contributed by atoms with Crippen molar-refractivity contribution in [2.45, 2.75) is 51.7 Å². The minimum atomic E-state index is 0.663. The monoisotopic (exact) mass is 306 g/mol. The molecule has 1 aliphatic carbocycles. The van der Waals surface area contributed by atoms with Crippen molar-refractivity contribution < 1.29 is 0 Å². The number of halogens is 1. The number of rotatable bonds is 5. The van der Waals surface area contributed by atoms with Crippen molar-refractivity contribution in [2.24, 2.45) is 11.8 Å². The van der Waals surface area contributed by atoms with Gasteiger partial charge in [-0.1, -0.05) is 37.6 Å². The van der Waals surface area contributed by atoms with Crippen molar-refractivity contribution >= 4 is 11.6 Å². The van der Waals surface area contributed by atoms with Gasteiger partial charge in [0.1, 0.15) is 0 Å². The maximum Gasteiger partial charge on any atom is 0.0406 e. The summed E-state index contributed by atoms with van der Waals surface area (Å²) in [6.45, 7) is 8.05. The molecule has 0 aromatic heterocycles. The van der Waals surface area contributed by atoms with Crippen molar-refractivity contribution in [3.05, 3.63) is 34.9 Å². The topological polar surface area (TPSA) is 15.3 Å². The molecule has 1 aromatic carbocycles. The summed E-state index contributed by atoms with van der Waals surface area (Å²) in [5.74, 6) is 1.68.